The van der Waals surface area contributed by atoms with Crippen LogP contribution in [0.5, 0.6) is 0 Å². The minimum atomic E-state index is -0.464. The van der Waals surface area contributed by atoms with E-state index in [4.69, 9.17) is 0 Å². The maximum atomic E-state index is 2.51. The van der Waals surface area contributed by atoms with E-state index in [1.54, 1.807) is 0 Å². The Morgan fingerprint density at radius 1 is 0.407 bits per heavy atom. The SMILES string of the molecule is CC1(C)c2ccccc2C2(c3ccccc3-c3ccc(N(c4ccc(-c5ccccc5)cc4)c4cccc5sc6ccccc6c45)cc32)c2ccccc21. The summed E-state index contributed by atoms with van der Waals surface area (Å²) >= 11 is 1.87. The fraction of sp³-hybridized carbons (Fsp3) is 0.0769. The molecule has 8 aromatic carbocycles. The maximum absolute atomic E-state index is 2.51. The number of benzene rings is 8. The molecule has 0 unspecified atom stereocenters. The van der Waals surface area contributed by atoms with E-state index >= 15 is 0 Å². The highest BCUT2D eigenvalue weighted by Crippen LogP contribution is 2.62. The summed E-state index contributed by atoms with van der Waals surface area (Å²) in [6.45, 7) is 4.78. The first kappa shape index (κ1) is 31.3. The molecule has 0 saturated carbocycles. The fourth-order valence-electron chi connectivity index (χ4n) is 9.79. The van der Waals surface area contributed by atoms with E-state index in [0.29, 0.717) is 0 Å². The van der Waals surface area contributed by atoms with Crippen molar-refractivity contribution in [2.75, 3.05) is 4.90 Å². The monoisotopic (exact) mass is 707 g/mol. The lowest BCUT2D eigenvalue weighted by Gasteiger charge is -2.46. The van der Waals surface area contributed by atoms with Gasteiger partial charge in [-0.3, -0.25) is 0 Å². The molecule has 0 bridgehead atoms. The molecule has 0 aliphatic heterocycles. The summed E-state index contributed by atoms with van der Waals surface area (Å²) in [6.07, 6.45) is 0. The van der Waals surface area contributed by atoms with Crippen LogP contribution in [0.1, 0.15) is 47.2 Å². The van der Waals surface area contributed by atoms with Gasteiger partial charge in [0.2, 0.25) is 0 Å². The van der Waals surface area contributed by atoms with Crippen LogP contribution in [0.25, 0.3) is 42.4 Å². The maximum Gasteiger partial charge on any atom is 0.0720 e. The lowest BCUT2D eigenvalue weighted by Crippen LogP contribution is -2.40. The lowest BCUT2D eigenvalue weighted by atomic mass is 9.55. The molecular formula is C52H37NS. The van der Waals surface area contributed by atoms with Crippen molar-refractivity contribution >= 4 is 48.6 Å². The number of anilines is 3. The zero-order chi connectivity index (χ0) is 36.0. The molecule has 0 N–H and O–H groups in total. The number of fused-ring (bicyclic) bond motifs is 12. The molecule has 1 nitrogen and oxygen atoms in total. The Hall–Kier alpha value is -6.22. The van der Waals surface area contributed by atoms with Crippen LogP contribution in [-0.2, 0) is 10.8 Å². The van der Waals surface area contributed by atoms with Gasteiger partial charge in [0.05, 0.1) is 11.1 Å². The molecule has 256 valence electrons. The molecule has 54 heavy (non-hydrogen) atoms. The molecule has 0 amide bonds. The first-order valence-electron chi connectivity index (χ1n) is 18.9. The van der Waals surface area contributed by atoms with Crippen molar-refractivity contribution in [2.24, 2.45) is 0 Å². The van der Waals surface area contributed by atoms with Gasteiger partial charge in [-0.1, -0.05) is 159 Å². The van der Waals surface area contributed by atoms with E-state index in [9.17, 15) is 0 Å². The van der Waals surface area contributed by atoms with Crippen molar-refractivity contribution in [1.29, 1.82) is 0 Å². The summed E-state index contributed by atoms with van der Waals surface area (Å²) in [5.41, 5.74) is 16.1. The number of nitrogens with zero attached hydrogens (tertiary/aromatic N) is 1. The molecular weight excluding hydrogens is 671 g/mol. The van der Waals surface area contributed by atoms with Crippen molar-refractivity contribution in [3.05, 3.63) is 221 Å². The van der Waals surface area contributed by atoms with Crippen LogP contribution in [-0.4, -0.2) is 0 Å². The van der Waals surface area contributed by atoms with E-state index in [2.05, 4.69) is 207 Å². The Kier molecular flexibility index (Phi) is 6.75. The van der Waals surface area contributed by atoms with Crippen molar-refractivity contribution in [1.82, 2.24) is 0 Å². The van der Waals surface area contributed by atoms with Crippen molar-refractivity contribution < 1.29 is 0 Å². The zero-order valence-corrected chi connectivity index (χ0v) is 31.1. The largest absolute Gasteiger partial charge is 0.310 e. The fourth-order valence-corrected chi connectivity index (χ4v) is 10.9. The van der Waals surface area contributed by atoms with Gasteiger partial charge in [0.25, 0.3) is 0 Å². The topological polar surface area (TPSA) is 3.24 Å². The number of hydrogen-bond acceptors (Lipinski definition) is 2. The Bertz CT molecular complexity index is 2860. The van der Waals surface area contributed by atoms with Gasteiger partial charge < -0.3 is 4.90 Å². The van der Waals surface area contributed by atoms with Gasteiger partial charge in [-0.2, -0.15) is 0 Å². The predicted octanol–water partition coefficient (Wildman–Crippen LogP) is 14.2. The number of rotatable bonds is 4. The molecule has 0 saturated heterocycles. The second kappa shape index (κ2) is 11.6. The molecule has 0 fully saturated rings. The average molecular weight is 708 g/mol. The summed E-state index contributed by atoms with van der Waals surface area (Å²) in [6, 6.07) is 70.2. The van der Waals surface area contributed by atoms with Crippen molar-refractivity contribution in [3.8, 4) is 22.3 Å². The molecule has 9 aromatic rings. The third-order valence-corrected chi connectivity index (χ3v) is 13.3. The van der Waals surface area contributed by atoms with Gasteiger partial charge in [-0.25, -0.2) is 0 Å². The van der Waals surface area contributed by atoms with Crippen molar-refractivity contribution in [3.63, 3.8) is 0 Å². The molecule has 2 aliphatic carbocycles. The minimum absolute atomic E-state index is 0.143. The van der Waals surface area contributed by atoms with E-state index in [-0.39, 0.29) is 5.41 Å². The quantitative estimate of drug-likeness (QED) is 0.176. The van der Waals surface area contributed by atoms with Gasteiger partial charge in [-0.15, -0.1) is 11.3 Å². The Labute approximate surface area is 320 Å². The van der Waals surface area contributed by atoms with Gasteiger partial charge in [-0.05, 0) is 98.1 Å². The smallest absolute Gasteiger partial charge is 0.0720 e. The van der Waals surface area contributed by atoms with Crippen molar-refractivity contribution in [2.45, 2.75) is 24.7 Å². The average Bonchev–Trinajstić information content (AvgIpc) is 3.75. The molecule has 1 heterocycles. The van der Waals surface area contributed by atoms with Crippen LogP contribution in [0, 0.1) is 0 Å². The summed E-state index contributed by atoms with van der Waals surface area (Å²) in [5, 5.41) is 2.58. The Morgan fingerprint density at radius 2 is 0.963 bits per heavy atom. The van der Waals surface area contributed by atoms with Gasteiger partial charge in [0.1, 0.15) is 0 Å². The lowest BCUT2D eigenvalue weighted by molar-refractivity contribution is 0.563. The van der Waals surface area contributed by atoms with Crippen LogP contribution in [0.3, 0.4) is 0 Å². The summed E-state index contributed by atoms with van der Waals surface area (Å²) in [7, 11) is 0. The minimum Gasteiger partial charge on any atom is -0.310 e. The number of hydrogen-bond donors (Lipinski definition) is 0. The summed E-state index contributed by atoms with van der Waals surface area (Å²) in [5.74, 6) is 0. The highest BCUT2D eigenvalue weighted by Gasteiger charge is 2.53. The van der Waals surface area contributed by atoms with Gasteiger partial charge in [0.15, 0.2) is 0 Å². The second-order valence-electron chi connectivity index (χ2n) is 15.2. The van der Waals surface area contributed by atoms with E-state index in [1.165, 1.54) is 81.5 Å². The second-order valence-corrected chi connectivity index (χ2v) is 16.3. The first-order valence-corrected chi connectivity index (χ1v) is 19.7. The predicted molar refractivity (Wildman–Crippen MR) is 229 cm³/mol. The van der Waals surface area contributed by atoms with Crippen LogP contribution in [0.2, 0.25) is 0 Å². The molecule has 1 spiro atoms. The Balaban J connectivity index is 1.21. The third-order valence-electron chi connectivity index (χ3n) is 12.1. The van der Waals surface area contributed by atoms with Gasteiger partial charge >= 0.3 is 0 Å². The normalized spacial score (nSPS) is 14.4. The molecule has 1 aromatic heterocycles. The summed E-state index contributed by atoms with van der Waals surface area (Å²) in [4.78, 5) is 2.50. The Morgan fingerprint density at radius 3 is 1.70 bits per heavy atom. The summed E-state index contributed by atoms with van der Waals surface area (Å²) < 4.78 is 2.60. The standard InChI is InChI=1S/C52H37NS/c1-51(2)42-20-9-11-22-44(42)52(45-23-12-10-21-43(45)51)41-19-8-6-17-38(41)39-32-31-37(33-46(39)52)53(36-29-27-35(28-30-36)34-15-4-3-5-16-34)47-24-14-26-49-50(47)40-18-7-13-25-48(40)54-49/h3-33H,1-2H3. The molecule has 11 rings (SSSR count). The first-order chi connectivity index (χ1) is 26.5. The van der Waals surface area contributed by atoms with Crippen LogP contribution in [0.15, 0.2) is 188 Å². The van der Waals surface area contributed by atoms with Crippen LogP contribution in [0.4, 0.5) is 17.1 Å². The van der Waals surface area contributed by atoms with Crippen LogP contribution < -0.4 is 4.90 Å². The van der Waals surface area contributed by atoms with E-state index in [1.807, 2.05) is 11.3 Å². The molecule has 0 atom stereocenters. The van der Waals surface area contributed by atoms with E-state index < -0.39 is 5.41 Å². The highest BCUT2D eigenvalue weighted by molar-refractivity contribution is 7.26. The van der Waals surface area contributed by atoms with E-state index in [0.717, 1.165) is 11.4 Å². The number of thiophene rings is 1. The van der Waals surface area contributed by atoms with Crippen LogP contribution >= 0.6 is 11.3 Å². The molecule has 2 aliphatic rings. The zero-order valence-electron chi connectivity index (χ0n) is 30.3. The molecule has 0 radical (unpaired) electrons. The van der Waals surface area contributed by atoms with Gasteiger partial charge in [0, 0.05) is 37.0 Å². The third kappa shape index (κ3) is 4.26. The molecule has 2 heteroatoms. The highest BCUT2D eigenvalue weighted by atomic mass is 32.1.